The van der Waals surface area contributed by atoms with Crippen LogP contribution in [0.15, 0.2) is 107 Å². The van der Waals surface area contributed by atoms with E-state index >= 15 is 0 Å². The van der Waals surface area contributed by atoms with Crippen molar-refractivity contribution < 1.29 is 9.15 Å². The largest absolute Gasteiger partial charge is 0.470 e. The van der Waals surface area contributed by atoms with Crippen molar-refractivity contribution >= 4 is 47.3 Å². The summed E-state index contributed by atoms with van der Waals surface area (Å²) in [7, 11) is 0. The van der Waals surface area contributed by atoms with Crippen LogP contribution >= 0.6 is 23.5 Å². The minimum absolute atomic E-state index is 0.384. The smallest absolute Gasteiger partial charge is 0.114 e. The van der Waals surface area contributed by atoms with Crippen molar-refractivity contribution in [3.05, 3.63) is 108 Å². The molecule has 3 heterocycles. The highest BCUT2D eigenvalue weighted by Gasteiger charge is 2.62. The number of hydrogen-bond donors (Lipinski definition) is 0. The van der Waals surface area contributed by atoms with Gasteiger partial charge in [-0.05, 0) is 23.3 Å². The molecule has 31 heavy (non-hydrogen) atoms. The monoisotopic (exact) mass is 434 g/mol. The van der Waals surface area contributed by atoms with Crippen molar-refractivity contribution in [3.63, 3.8) is 0 Å². The Bertz CT molecular complexity index is 1310. The predicted molar refractivity (Wildman–Crippen MR) is 129 cm³/mol. The number of hydrogen-bond acceptors (Lipinski definition) is 2. The third-order valence-electron chi connectivity index (χ3n) is 6.07. The van der Waals surface area contributed by atoms with Crippen molar-refractivity contribution in [2.75, 3.05) is 0 Å². The van der Waals surface area contributed by atoms with E-state index in [9.17, 15) is 0 Å². The van der Waals surface area contributed by atoms with Crippen molar-refractivity contribution in [2.45, 2.75) is 14.1 Å². The molecule has 0 amide bonds. The molecule has 3 bridgehead atoms. The number of thioether (sulfide) groups is 2. The third kappa shape index (κ3) is 2.43. The summed E-state index contributed by atoms with van der Waals surface area (Å²) in [6.07, 6.45) is 4.66. The van der Waals surface area contributed by atoms with Gasteiger partial charge in [-0.15, -0.1) is 9.15 Å². The molecule has 0 radical (unpaired) electrons. The van der Waals surface area contributed by atoms with E-state index in [0.717, 1.165) is 0 Å². The Morgan fingerprint density at radius 2 is 0.935 bits per heavy atom. The maximum atomic E-state index is 2.45. The number of para-hydroxylation sites is 2. The van der Waals surface area contributed by atoms with Crippen LogP contribution in [0.3, 0.4) is 0 Å². The van der Waals surface area contributed by atoms with Gasteiger partial charge in [-0.3, -0.25) is 0 Å². The summed E-state index contributed by atoms with van der Waals surface area (Å²) in [6, 6.07) is 34.9. The Morgan fingerprint density at radius 3 is 1.39 bits per heavy atom. The molecule has 0 atom stereocenters. The molecule has 0 aliphatic carbocycles. The standard InChI is InChI=1S/C27H18N2S2/c1-3-11-21(12-4-1)28-17-19-9-7-15-23-24-16-8-10-20-18-29(22-13-5-2-6-14-22)27(28,30-25(19)23)31-26(20)24/h1-18H/q+2. The van der Waals surface area contributed by atoms with Gasteiger partial charge in [-0.1, -0.05) is 60.7 Å². The van der Waals surface area contributed by atoms with Gasteiger partial charge in [0.15, 0.2) is 12.4 Å². The number of rotatable bonds is 2. The number of fused-ring (bicyclic) bond motifs is 1. The molecular weight excluding hydrogens is 416 g/mol. The lowest BCUT2D eigenvalue weighted by atomic mass is 10.0. The fourth-order valence-electron chi connectivity index (χ4n) is 4.66. The minimum Gasteiger partial charge on any atom is -0.114 e. The maximum Gasteiger partial charge on any atom is 0.470 e. The van der Waals surface area contributed by atoms with Gasteiger partial charge in [0.25, 0.3) is 0 Å². The van der Waals surface area contributed by atoms with Gasteiger partial charge < -0.3 is 0 Å². The van der Waals surface area contributed by atoms with E-state index in [1.54, 1.807) is 0 Å². The highest BCUT2D eigenvalue weighted by molar-refractivity contribution is 8.18. The first-order valence-corrected chi connectivity index (χ1v) is 12.0. The van der Waals surface area contributed by atoms with Crippen LogP contribution in [0.2, 0.25) is 0 Å². The quantitative estimate of drug-likeness (QED) is 0.323. The number of benzene rings is 4. The van der Waals surface area contributed by atoms with Gasteiger partial charge in [0.2, 0.25) is 11.4 Å². The topological polar surface area (TPSA) is 6.02 Å². The zero-order chi connectivity index (χ0) is 20.4. The Morgan fingerprint density at radius 1 is 0.484 bits per heavy atom. The van der Waals surface area contributed by atoms with Gasteiger partial charge in [-0.25, -0.2) is 0 Å². The molecule has 1 spiro atoms. The first-order chi connectivity index (χ1) is 15.3. The lowest BCUT2D eigenvalue weighted by Crippen LogP contribution is -2.46. The average Bonchev–Trinajstić information content (AvgIpc) is 2.97. The van der Waals surface area contributed by atoms with Crippen LogP contribution in [-0.4, -0.2) is 25.9 Å². The Kier molecular flexibility index (Phi) is 3.66. The first-order valence-electron chi connectivity index (χ1n) is 10.4. The van der Waals surface area contributed by atoms with E-state index in [1.165, 1.54) is 43.4 Å². The molecule has 146 valence electrons. The minimum atomic E-state index is -0.384. The van der Waals surface area contributed by atoms with E-state index in [0.29, 0.717) is 0 Å². The van der Waals surface area contributed by atoms with Crippen LogP contribution in [0.5, 0.6) is 0 Å². The fraction of sp³-hybridized carbons (Fsp3) is 0.0370. The summed E-state index contributed by atoms with van der Waals surface area (Å²) in [5.74, 6) is 0. The van der Waals surface area contributed by atoms with Crippen molar-refractivity contribution in [1.82, 2.24) is 0 Å². The van der Waals surface area contributed by atoms with Crippen molar-refractivity contribution in [1.29, 1.82) is 0 Å². The summed E-state index contributed by atoms with van der Waals surface area (Å²) in [5, 5.41) is 0. The zero-order valence-electron chi connectivity index (χ0n) is 16.6. The molecule has 4 heteroatoms. The molecule has 2 nitrogen and oxygen atoms in total. The van der Waals surface area contributed by atoms with E-state index in [4.69, 9.17) is 0 Å². The fourth-order valence-corrected chi connectivity index (χ4v) is 7.94. The molecule has 0 aromatic heterocycles. The maximum absolute atomic E-state index is 2.45. The van der Waals surface area contributed by atoms with Crippen LogP contribution in [0.4, 0.5) is 11.4 Å². The second kappa shape index (κ2) is 6.46. The molecule has 3 aliphatic heterocycles. The van der Waals surface area contributed by atoms with Crippen LogP contribution in [0.25, 0.3) is 11.1 Å². The highest BCUT2D eigenvalue weighted by Crippen LogP contribution is 2.61. The molecule has 0 saturated carbocycles. The SMILES string of the molecule is C1=[N+](c2ccccc2)C23Sc4c1cccc4-c1cccc(c1S2)C=[N+]3c1ccccc1. The Labute approximate surface area is 189 Å². The van der Waals surface area contributed by atoms with Crippen LogP contribution < -0.4 is 0 Å². The van der Waals surface area contributed by atoms with Gasteiger partial charge in [-0.2, -0.15) is 0 Å². The molecule has 0 N–H and O–H groups in total. The molecule has 0 fully saturated rings. The zero-order valence-corrected chi connectivity index (χ0v) is 18.2. The molecule has 0 unspecified atom stereocenters. The lowest BCUT2D eigenvalue weighted by Gasteiger charge is -2.30. The van der Waals surface area contributed by atoms with Crippen LogP contribution in [0, 0.1) is 0 Å². The predicted octanol–water partition coefficient (Wildman–Crippen LogP) is 6.72. The summed E-state index contributed by atoms with van der Waals surface area (Å²) in [4.78, 5) is 2.71. The molecule has 4 aromatic carbocycles. The van der Waals surface area contributed by atoms with Gasteiger partial charge in [0.05, 0.1) is 11.1 Å². The van der Waals surface area contributed by atoms with Gasteiger partial charge in [0, 0.05) is 57.6 Å². The van der Waals surface area contributed by atoms with Crippen LogP contribution in [0.1, 0.15) is 11.1 Å². The normalized spacial score (nSPS) is 16.8. The number of nitrogens with zero attached hydrogens (tertiary/aromatic N) is 2. The van der Waals surface area contributed by atoms with E-state index in [-0.39, 0.29) is 4.33 Å². The van der Waals surface area contributed by atoms with Crippen molar-refractivity contribution in [3.8, 4) is 11.1 Å². The van der Waals surface area contributed by atoms with Gasteiger partial charge >= 0.3 is 4.33 Å². The van der Waals surface area contributed by atoms with E-state index in [1.807, 2.05) is 23.5 Å². The van der Waals surface area contributed by atoms with E-state index in [2.05, 4.69) is 119 Å². The summed E-state index contributed by atoms with van der Waals surface area (Å²) >= 11 is 3.91. The van der Waals surface area contributed by atoms with E-state index < -0.39 is 0 Å². The average molecular weight is 435 g/mol. The Hall–Kier alpha value is -3.08. The molecular formula is C27H18N2S2+2. The first kappa shape index (κ1) is 17.6. The van der Waals surface area contributed by atoms with Gasteiger partial charge in [0.1, 0.15) is 0 Å². The summed E-state index contributed by atoms with van der Waals surface area (Å²) < 4.78 is 4.51. The van der Waals surface area contributed by atoms with Crippen molar-refractivity contribution in [2.24, 2.45) is 0 Å². The second-order valence-electron chi connectivity index (χ2n) is 7.87. The summed E-state index contributed by atoms with van der Waals surface area (Å²) in [6.45, 7) is 0. The summed E-state index contributed by atoms with van der Waals surface area (Å²) in [5.41, 5.74) is 7.60. The third-order valence-corrected chi connectivity index (χ3v) is 9.20. The molecule has 7 rings (SSSR count). The molecule has 4 aromatic rings. The molecule has 3 aliphatic rings. The highest BCUT2D eigenvalue weighted by atomic mass is 32.2. The lowest BCUT2D eigenvalue weighted by molar-refractivity contribution is -0.689. The second-order valence-corrected chi connectivity index (χ2v) is 10.5. The Balaban J connectivity index is 1.63. The van der Waals surface area contributed by atoms with Crippen LogP contribution in [-0.2, 0) is 0 Å². The molecule has 0 saturated heterocycles.